The first-order valence-corrected chi connectivity index (χ1v) is 14.6. The molecule has 0 bridgehead atoms. The van der Waals surface area contributed by atoms with Crippen molar-refractivity contribution in [3.63, 3.8) is 0 Å². The molecule has 0 aliphatic carbocycles. The lowest BCUT2D eigenvalue weighted by Gasteiger charge is -2.31. The second-order valence-electron chi connectivity index (χ2n) is 5.77. The highest BCUT2D eigenvalue weighted by molar-refractivity contribution is 6.66. The molecule has 1 rings (SSSR count). The average molecular weight is 442 g/mol. The van der Waals surface area contributed by atoms with Crippen LogP contribution < -0.4 is 17.1 Å². The Bertz CT molecular complexity index is 697. The van der Waals surface area contributed by atoms with Gasteiger partial charge in [0.05, 0.1) is 0 Å². The van der Waals surface area contributed by atoms with Crippen LogP contribution in [0.3, 0.4) is 0 Å². The van der Waals surface area contributed by atoms with E-state index in [1.807, 2.05) is 0 Å². The van der Waals surface area contributed by atoms with Gasteiger partial charge in [-0.3, -0.25) is 0 Å². The van der Waals surface area contributed by atoms with E-state index in [1.165, 1.54) is 62.3 Å². The number of hydrogen-bond donors (Lipinski definition) is 0. The van der Waals surface area contributed by atoms with Gasteiger partial charge in [0.1, 0.15) is 0 Å². The molecule has 27 heavy (non-hydrogen) atoms. The summed E-state index contributed by atoms with van der Waals surface area (Å²) in [6, 6.07) is 0. The van der Waals surface area contributed by atoms with E-state index in [2.05, 4.69) is 0 Å². The van der Waals surface area contributed by atoms with Crippen LogP contribution in [0.25, 0.3) is 0 Å². The Morgan fingerprint density at radius 3 is 0.741 bits per heavy atom. The van der Waals surface area contributed by atoms with Gasteiger partial charge in [0, 0.05) is 62.3 Å². The van der Waals surface area contributed by atoms with Crippen LogP contribution in [-0.4, -0.2) is 81.5 Å². The summed E-state index contributed by atoms with van der Waals surface area (Å²) in [5, 5.41) is 0. The monoisotopic (exact) mass is 441 g/mol. The van der Waals surface area contributed by atoms with Gasteiger partial charge in [-0.25, -0.2) is 27.1 Å². The van der Waals surface area contributed by atoms with Gasteiger partial charge in [-0.1, -0.05) is 0 Å². The lowest BCUT2D eigenvalue weighted by Crippen LogP contribution is -2.73. The summed E-state index contributed by atoms with van der Waals surface area (Å²) in [5.74, 6) is 0. The third-order valence-corrected chi connectivity index (χ3v) is 12.8. The second kappa shape index (κ2) is 8.45. The Morgan fingerprint density at radius 1 is 0.481 bits per heavy atom. The molecule has 0 fully saturated rings. The van der Waals surface area contributed by atoms with Crippen LogP contribution in [0, 0.1) is 0 Å². The van der Waals surface area contributed by atoms with Gasteiger partial charge in [0.25, 0.3) is 0 Å². The van der Waals surface area contributed by atoms with Gasteiger partial charge < -0.3 is 26.6 Å². The molecule has 0 N–H and O–H groups in total. The highest BCUT2D eigenvalue weighted by Crippen LogP contribution is 2.09. The predicted molar refractivity (Wildman–Crippen MR) is 102 cm³/mol. The van der Waals surface area contributed by atoms with Crippen LogP contribution in [0.5, 0.6) is 0 Å². The third-order valence-electron chi connectivity index (χ3n) is 4.64. The molecule has 1 heterocycles. The van der Waals surface area contributed by atoms with Crippen molar-refractivity contribution < 1.29 is 26.6 Å². The van der Waals surface area contributed by atoms with Gasteiger partial charge in [-0.05, 0) is 0 Å². The molecule has 0 atom stereocenters. The average Bonchev–Trinajstić information content (AvgIpc) is 2.66. The van der Waals surface area contributed by atoms with Gasteiger partial charge in [-0.2, -0.15) is 0 Å². The molecule has 15 heteroatoms. The Morgan fingerprint density at radius 2 is 0.630 bits per heavy atom. The summed E-state index contributed by atoms with van der Waals surface area (Å²) in [6.45, 7) is 4.48. The van der Waals surface area contributed by atoms with Crippen molar-refractivity contribution in [2.75, 3.05) is 42.7 Å². The van der Waals surface area contributed by atoms with Gasteiger partial charge >= 0.3 is 43.2 Å². The van der Waals surface area contributed by atoms with Crippen molar-refractivity contribution in [2.24, 2.45) is 0 Å². The Hall–Kier alpha value is -1.18. The summed E-state index contributed by atoms with van der Waals surface area (Å²) in [4.78, 5) is 39.6. The maximum absolute atomic E-state index is 13.2. The van der Waals surface area contributed by atoms with Crippen LogP contribution >= 0.6 is 0 Å². The smallest absolute Gasteiger partial charge is 0.381 e. The topological polar surface area (TPSA) is 121 Å². The number of nitrogens with zero attached hydrogens (tertiary/aromatic N) is 3. The molecule has 12 nitrogen and oxygen atoms in total. The van der Waals surface area contributed by atoms with Gasteiger partial charge in [-0.15, -0.1) is 0 Å². The predicted octanol–water partition coefficient (Wildman–Crippen LogP) is -1.70. The number of aromatic nitrogens is 3. The molecule has 0 aliphatic heterocycles. The van der Waals surface area contributed by atoms with E-state index < -0.39 is 43.2 Å². The molecule has 0 amide bonds. The maximum Gasteiger partial charge on any atom is 0.467 e. The Balaban J connectivity index is 4.32. The molecular formula is C12H27N3O9Si3. The molecule has 0 saturated heterocycles. The lowest BCUT2D eigenvalue weighted by molar-refractivity contribution is 0.213. The summed E-state index contributed by atoms with van der Waals surface area (Å²) < 4.78 is 34.6. The van der Waals surface area contributed by atoms with Crippen molar-refractivity contribution in [3.8, 4) is 0 Å². The zero-order valence-corrected chi connectivity index (χ0v) is 20.0. The number of hydrogen-bond acceptors (Lipinski definition) is 9. The minimum atomic E-state index is -3.52. The fourth-order valence-corrected chi connectivity index (χ4v) is 6.97. The molecule has 156 valence electrons. The SMILES string of the molecule is CO[Si](C)(OC)n1c(=O)n([Si](C)(OC)OC)c(=O)n([Si](C)(OC)OC)c1=O. The second-order valence-corrected chi connectivity index (χ2v) is 14.9. The van der Waals surface area contributed by atoms with Crippen LogP contribution in [0.4, 0.5) is 0 Å². The van der Waals surface area contributed by atoms with Crippen molar-refractivity contribution in [3.05, 3.63) is 31.5 Å². The van der Waals surface area contributed by atoms with E-state index in [0.717, 1.165) is 12.7 Å². The summed E-state index contributed by atoms with van der Waals surface area (Å²) >= 11 is 0. The van der Waals surface area contributed by atoms with Crippen LogP contribution in [0.15, 0.2) is 14.4 Å². The third kappa shape index (κ3) is 3.74. The molecule has 0 radical (unpaired) electrons. The van der Waals surface area contributed by atoms with Crippen molar-refractivity contribution >= 4 is 26.2 Å². The summed E-state index contributed by atoms with van der Waals surface area (Å²) in [6.07, 6.45) is 0. The zero-order chi connectivity index (χ0) is 21.2. The minimum absolute atomic E-state index is 0.793. The molecule has 0 unspecified atom stereocenters. The molecule has 1 aromatic rings. The van der Waals surface area contributed by atoms with Crippen LogP contribution in [-0.2, 0) is 26.6 Å². The van der Waals surface area contributed by atoms with Crippen molar-refractivity contribution in [2.45, 2.75) is 19.6 Å². The molecular weight excluding hydrogens is 414 g/mol. The zero-order valence-electron chi connectivity index (χ0n) is 17.0. The van der Waals surface area contributed by atoms with Crippen molar-refractivity contribution in [1.29, 1.82) is 0 Å². The Labute approximate surface area is 159 Å². The molecule has 0 aliphatic rings. The van der Waals surface area contributed by atoms with E-state index in [0.29, 0.717) is 0 Å². The van der Waals surface area contributed by atoms with E-state index in [4.69, 9.17) is 26.6 Å². The fourth-order valence-electron chi connectivity index (χ4n) is 2.39. The van der Waals surface area contributed by atoms with Crippen LogP contribution in [0.1, 0.15) is 0 Å². The first kappa shape index (κ1) is 23.9. The van der Waals surface area contributed by atoms with Gasteiger partial charge in [0.2, 0.25) is 0 Å². The minimum Gasteiger partial charge on any atom is -0.381 e. The normalized spacial score (nSPS) is 13.2. The van der Waals surface area contributed by atoms with Gasteiger partial charge in [0.15, 0.2) is 0 Å². The largest absolute Gasteiger partial charge is 0.467 e. The highest BCUT2D eigenvalue weighted by atomic mass is 28.4. The fraction of sp³-hybridized carbons (Fsp3) is 0.750. The first-order valence-electron chi connectivity index (χ1n) is 7.80. The van der Waals surface area contributed by atoms with E-state index in [-0.39, 0.29) is 0 Å². The Kier molecular flexibility index (Phi) is 7.47. The molecule has 1 aromatic heterocycles. The number of rotatable bonds is 9. The van der Waals surface area contributed by atoms with Crippen LogP contribution in [0.2, 0.25) is 19.6 Å². The standard InChI is InChI=1S/C12H27N3O9Si3/c1-19-25(7,20-2)13-10(16)14(26(8,21-3)22-4)12(18)15(11(13)17)27(9,23-5)24-6/h1-9H3. The summed E-state index contributed by atoms with van der Waals surface area (Å²) in [7, 11) is -2.69. The van der Waals surface area contributed by atoms with E-state index in [9.17, 15) is 14.4 Å². The summed E-state index contributed by atoms with van der Waals surface area (Å²) in [5.41, 5.74) is -2.83. The lowest BCUT2D eigenvalue weighted by atomic mass is 11.0. The molecule has 0 aromatic carbocycles. The highest BCUT2D eigenvalue weighted by Gasteiger charge is 2.47. The quantitative estimate of drug-likeness (QED) is 0.413. The first-order chi connectivity index (χ1) is 12.5. The van der Waals surface area contributed by atoms with E-state index in [1.54, 1.807) is 0 Å². The van der Waals surface area contributed by atoms with Crippen molar-refractivity contribution in [1.82, 2.24) is 12.7 Å². The maximum atomic E-state index is 13.2. The molecule has 0 spiro atoms. The van der Waals surface area contributed by atoms with E-state index >= 15 is 0 Å². The molecule has 0 saturated carbocycles.